The molecule has 0 bridgehead atoms. The summed E-state index contributed by atoms with van der Waals surface area (Å²) in [6.07, 6.45) is 13.9. The summed E-state index contributed by atoms with van der Waals surface area (Å²) < 4.78 is 0. The molecule has 0 fully saturated rings. The third kappa shape index (κ3) is 10.3. The van der Waals surface area contributed by atoms with Crippen LogP contribution in [0.2, 0.25) is 0 Å². The van der Waals surface area contributed by atoms with Crippen LogP contribution in [0.1, 0.15) is 85.0 Å². The highest BCUT2D eigenvalue weighted by Gasteiger charge is 2.13. The molecule has 1 unspecified atom stereocenters. The largest absolute Gasteiger partial charge is 0.0654 e. The number of hydrogen-bond acceptors (Lipinski definition) is 0. The molecule has 0 aromatic carbocycles. The Hall–Kier alpha value is 0. The lowest BCUT2D eigenvalue weighted by Crippen LogP contribution is -2.09. The molecule has 0 saturated carbocycles. The number of hydrogen-bond donors (Lipinski definition) is 0. The lowest BCUT2D eigenvalue weighted by molar-refractivity contribution is 0.352. The molecule has 0 amide bonds. The van der Waals surface area contributed by atoms with Crippen molar-refractivity contribution in [2.75, 3.05) is 0 Å². The second-order valence-corrected chi connectivity index (χ2v) is 5.39. The first-order valence-electron chi connectivity index (χ1n) is 6.97. The Morgan fingerprint density at radius 2 is 1.27 bits per heavy atom. The van der Waals surface area contributed by atoms with Crippen molar-refractivity contribution >= 4 is 0 Å². The Morgan fingerprint density at radius 3 is 1.73 bits per heavy atom. The minimum Gasteiger partial charge on any atom is -0.0654 e. The molecule has 0 N–H and O–H groups in total. The van der Waals surface area contributed by atoms with Crippen LogP contribution in [0, 0.1) is 12.3 Å². The number of rotatable bonds is 10. The van der Waals surface area contributed by atoms with Gasteiger partial charge in [0.1, 0.15) is 0 Å². The van der Waals surface area contributed by atoms with Gasteiger partial charge < -0.3 is 0 Å². The Labute approximate surface area is 97.8 Å². The van der Waals surface area contributed by atoms with Crippen molar-refractivity contribution in [3.8, 4) is 0 Å². The summed E-state index contributed by atoms with van der Waals surface area (Å²) in [4.78, 5) is 0. The molecule has 0 aliphatic carbocycles. The van der Waals surface area contributed by atoms with Crippen LogP contribution in [0.3, 0.4) is 0 Å². The van der Waals surface area contributed by atoms with Crippen LogP contribution in [0.4, 0.5) is 0 Å². The van der Waals surface area contributed by atoms with Crippen LogP contribution in [-0.2, 0) is 0 Å². The van der Waals surface area contributed by atoms with E-state index in [1.807, 2.05) is 0 Å². The maximum absolute atomic E-state index is 4.25. The molecule has 0 aromatic heterocycles. The van der Waals surface area contributed by atoms with E-state index < -0.39 is 0 Å². The maximum atomic E-state index is 4.25. The zero-order valence-corrected chi connectivity index (χ0v) is 11.3. The summed E-state index contributed by atoms with van der Waals surface area (Å²) in [7, 11) is 0. The minimum absolute atomic E-state index is 0.336. The summed E-state index contributed by atoms with van der Waals surface area (Å²) in [5.41, 5.74) is 0.336. The average molecular weight is 211 g/mol. The van der Waals surface area contributed by atoms with E-state index in [0.717, 1.165) is 0 Å². The van der Waals surface area contributed by atoms with Crippen LogP contribution in [0.5, 0.6) is 0 Å². The van der Waals surface area contributed by atoms with E-state index in [0.29, 0.717) is 5.41 Å². The van der Waals surface area contributed by atoms with Gasteiger partial charge in [0, 0.05) is 0 Å². The van der Waals surface area contributed by atoms with E-state index in [2.05, 4.69) is 27.7 Å². The molecule has 0 rings (SSSR count). The molecule has 1 atom stereocenters. The standard InChI is InChI=1S/C15H31/c1-5-7-8-9-10-11-12-13-14-15(3,4)6-2/h3,5-14H2,1-2,4H3. The quantitative estimate of drug-likeness (QED) is 0.402. The topological polar surface area (TPSA) is 0 Å². The molecule has 15 heavy (non-hydrogen) atoms. The van der Waals surface area contributed by atoms with Crippen molar-refractivity contribution < 1.29 is 0 Å². The monoisotopic (exact) mass is 211 g/mol. The van der Waals surface area contributed by atoms with Gasteiger partial charge in [0.25, 0.3) is 0 Å². The highest BCUT2D eigenvalue weighted by atomic mass is 14.2. The summed E-state index contributed by atoms with van der Waals surface area (Å²) >= 11 is 0. The van der Waals surface area contributed by atoms with E-state index in [1.54, 1.807) is 0 Å². The van der Waals surface area contributed by atoms with E-state index in [1.165, 1.54) is 64.2 Å². The first-order valence-corrected chi connectivity index (χ1v) is 6.97. The van der Waals surface area contributed by atoms with Gasteiger partial charge in [0.2, 0.25) is 0 Å². The van der Waals surface area contributed by atoms with Crippen LogP contribution < -0.4 is 0 Å². The molecule has 0 nitrogen and oxygen atoms in total. The molecule has 1 radical (unpaired) electrons. The molecule has 0 spiro atoms. The Morgan fingerprint density at radius 1 is 0.800 bits per heavy atom. The van der Waals surface area contributed by atoms with Crippen molar-refractivity contribution in [1.82, 2.24) is 0 Å². The Bertz CT molecular complexity index is 124. The van der Waals surface area contributed by atoms with Gasteiger partial charge in [-0.15, -0.1) is 0 Å². The van der Waals surface area contributed by atoms with Gasteiger partial charge in [0.15, 0.2) is 0 Å². The SMILES string of the molecule is [CH2]C(C)(CC)CCCCCCCCCC. The molecule has 0 aliphatic rings. The van der Waals surface area contributed by atoms with Crippen molar-refractivity contribution in [2.45, 2.75) is 85.0 Å². The van der Waals surface area contributed by atoms with E-state index >= 15 is 0 Å². The fourth-order valence-corrected chi connectivity index (χ4v) is 1.86. The normalized spacial score (nSPS) is 12.0. The number of unbranched alkanes of at least 4 members (excludes halogenated alkanes) is 7. The summed E-state index contributed by atoms with van der Waals surface area (Å²) in [6, 6.07) is 0. The molecular formula is C15H31. The summed E-state index contributed by atoms with van der Waals surface area (Å²) in [5.74, 6) is 0. The third-order valence-corrected chi connectivity index (χ3v) is 3.49. The molecule has 0 aliphatic heterocycles. The molecular weight excluding hydrogens is 180 g/mol. The van der Waals surface area contributed by atoms with Crippen LogP contribution in [-0.4, -0.2) is 0 Å². The molecule has 0 aromatic rings. The van der Waals surface area contributed by atoms with Crippen molar-refractivity contribution in [2.24, 2.45) is 5.41 Å². The lowest BCUT2D eigenvalue weighted by atomic mass is 9.84. The smallest absolute Gasteiger partial charge is 0.0328 e. The van der Waals surface area contributed by atoms with Crippen LogP contribution in [0.15, 0.2) is 0 Å². The van der Waals surface area contributed by atoms with Crippen molar-refractivity contribution in [3.63, 3.8) is 0 Å². The molecule has 91 valence electrons. The van der Waals surface area contributed by atoms with Gasteiger partial charge in [-0.05, 0) is 18.8 Å². The van der Waals surface area contributed by atoms with Gasteiger partial charge in [-0.3, -0.25) is 0 Å². The minimum atomic E-state index is 0.336. The van der Waals surface area contributed by atoms with E-state index in [9.17, 15) is 0 Å². The Kier molecular flexibility index (Phi) is 9.24. The highest BCUT2D eigenvalue weighted by Crippen LogP contribution is 2.26. The van der Waals surface area contributed by atoms with E-state index in [4.69, 9.17) is 0 Å². The lowest BCUT2D eigenvalue weighted by Gasteiger charge is -2.21. The fourth-order valence-electron chi connectivity index (χ4n) is 1.86. The third-order valence-electron chi connectivity index (χ3n) is 3.49. The zero-order chi connectivity index (χ0) is 11.6. The molecule has 0 saturated heterocycles. The fraction of sp³-hybridized carbons (Fsp3) is 0.933. The van der Waals surface area contributed by atoms with Gasteiger partial charge in [-0.2, -0.15) is 0 Å². The van der Waals surface area contributed by atoms with Gasteiger partial charge in [-0.25, -0.2) is 0 Å². The predicted octanol–water partition coefficient (Wildman–Crippen LogP) is 5.77. The van der Waals surface area contributed by atoms with Crippen LogP contribution in [0.25, 0.3) is 0 Å². The van der Waals surface area contributed by atoms with Gasteiger partial charge >= 0.3 is 0 Å². The second kappa shape index (κ2) is 9.24. The average Bonchev–Trinajstić information content (AvgIpc) is 2.22. The van der Waals surface area contributed by atoms with E-state index in [-0.39, 0.29) is 0 Å². The zero-order valence-electron chi connectivity index (χ0n) is 11.3. The second-order valence-electron chi connectivity index (χ2n) is 5.39. The predicted molar refractivity (Wildman–Crippen MR) is 71.0 cm³/mol. The first-order chi connectivity index (χ1) is 7.12. The maximum Gasteiger partial charge on any atom is -0.0328 e. The summed E-state index contributed by atoms with van der Waals surface area (Å²) in [5, 5.41) is 0. The van der Waals surface area contributed by atoms with Crippen LogP contribution >= 0.6 is 0 Å². The van der Waals surface area contributed by atoms with Gasteiger partial charge in [0.05, 0.1) is 0 Å². The molecule has 0 heteroatoms. The Balaban J connectivity index is 3.11. The van der Waals surface area contributed by atoms with Crippen molar-refractivity contribution in [1.29, 1.82) is 0 Å². The first kappa shape index (κ1) is 15.0. The summed E-state index contributed by atoms with van der Waals surface area (Å²) in [6.45, 7) is 11.1. The van der Waals surface area contributed by atoms with Crippen molar-refractivity contribution in [3.05, 3.63) is 6.92 Å². The molecule has 0 heterocycles. The van der Waals surface area contributed by atoms with Gasteiger partial charge in [-0.1, -0.05) is 78.6 Å². The highest BCUT2D eigenvalue weighted by molar-refractivity contribution is 4.74.